The van der Waals surface area contributed by atoms with E-state index in [1.807, 2.05) is 6.07 Å². The zero-order chi connectivity index (χ0) is 16.1. The maximum absolute atomic E-state index is 13.6. The SMILES string of the molecule is CN(C)c1cc(CNCc2ccc(C(=O)O)cc2)ccc1F. The van der Waals surface area contributed by atoms with E-state index in [1.54, 1.807) is 49.3 Å². The van der Waals surface area contributed by atoms with Gasteiger partial charge in [0.15, 0.2) is 0 Å². The number of aromatic carboxylic acids is 1. The van der Waals surface area contributed by atoms with Crippen molar-refractivity contribution in [2.75, 3.05) is 19.0 Å². The third kappa shape index (κ3) is 4.05. The van der Waals surface area contributed by atoms with Gasteiger partial charge >= 0.3 is 5.97 Å². The number of nitrogens with one attached hydrogen (secondary N) is 1. The number of anilines is 1. The summed E-state index contributed by atoms with van der Waals surface area (Å²) >= 11 is 0. The van der Waals surface area contributed by atoms with Crippen molar-refractivity contribution in [3.05, 3.63) is 65.0 Å². The van der Waals surface area contributed by atoms with E-state index in [4.69, 9.17) is 5.11 Å². The topological polar surface area (TPSA) is 52.6 Å². The second-order valence-corrected chi connectivity index (χ2v) is 5.29. The standard InChI is InChI=1S/C17H19FN2O2/c1-20(2)16-9-13(5-8-15(16)18)11-19-10-12-3-6-14(7-4-12)17(21)22/h3-9,19H,10-11H2,1-2H3,(H,21,22). The van der Waals surface area contributed by atoms with E-state index in [0.29, 0.717) is 18.8 Å². The van der Waals surface area contributed by atoms with Crippen LogP contribution in [0.2, 0.25) is 0 Å². The Kier molecular flexibility index (Phi) is 5.12. The summed E-state index contributed by atoms with van der Waals surface area (Å²) in [6, 6.07) is 11.8. The quantitative estimate of drug-likeness (QED) is 0.861. The highest BCUT2D eigenvalue weighted by Gasteiger charge is 2.05. The van der Waals surface area contributed by atoms with Crippen LogP contribution in [0.1, 0.15) is 21.5 Å². The minimum absolute atomic E-state index is 0.238. The molecule has 0 aliphatic carbocycles. The Hall–Kier alpha value is -2.40. The molecule has 0 fully saturated rings. The van der Waals surface area contributed by atoms with Gasteiger partial charge in [-0.2, -0.15) is 0 Å². The molecule has 0 atom stereocenters. The van der Waals surface area contributed by atoms with Crippen molar-refractivity contribution in [3.8, 4) is 0 Å². The first-order chi connectivity index (χ1) is 10.5. The minimum Gasteiger partial charge on any atom is -0.478 e. The average Bonchev–Trinajstić information content (AvgIpc) is 2.49. The Morgan fingerprint density at radius 3 is 2.27 bits per heavy atom. The highest BCUT2D eigenvalue weighted by molar-refractivity contribution is 5.87. The number of carboxylic acid groups (broad SMARTS) is 1. The van der Waals surface area contributed by atoms with Crippen molar-refractivity contribution in [1.29, 1.82) is 0 Å². The summed E-state index contributed by atoms with van der Waals surface area (Å²) in [6.45, 7) is 1.23. The van der Waals surface area contributed by atoms with Gasteiger partial charge in [-0.25, -0.2) is 9.18 Å². The molecule has 0 aromatic heterocycles. The maximum atomic E-state index is 13.6. The van der Waals surface area contributed by atoms with E-state index in [2.05, 4.69) is 5.32 Å². The fourth-order valence-corrected chi connectivity index (χ4v) is 2.13. The summed E-state index contributed by atoms with van der Waals surface area (Å²) in [4.78, 5) is 12.5. The molecule has 0 bridgehead atoms. The van der Waals surface area contributed by atoms with E-state index < -0.39 is 5.97 Å². The third-order valence-electron chi connectivity index (χ3n) is 3.35. The van der Waals surface area contributed by atoms with Crippen LogP contribution in [0.3, 0.4) is 0 Å². The number of benzene rings is 2. The Morgan fingerprint density at radius 1 is 1.09 bits per heavy atom. The molecule has 2 aromatic rings. The van der Waals surface area contributed by atoms with Crippen LogP contribution >= 0.6 is 0 Å². The first-order valence-corrected chi connectivity index (χ1v) is 6.96. The van der Waals surface area contributed by atoms with Crippen LogP contribution in [0.15, 0.2) is 42.5 Å². The van der Waals surface area contributed by atoms with Crippen molar-refractivity contribution < 1.29 is 14.3 Å². The monoisotopic (exact) mass is 302 g/mol. The molecule has 0 saturated carbocycles. The molecule has 0 unspecified atom stereocenters. The minimum atomic E-state index is -0.929. The molecule has 116 valence electrons. The van der Waals surface area contributed by atoms with E-state index >= 15 is 0 Å². The van der Waals surface area contributed by atoms with Crippen LogP contribution < -0.4 is 10.2 Å². The van der Waals surface area contributed by atoms with E-state index in [1.165, 1.54) is 6.07 Å². The Labute approximate surface area is 129 Å². The number of carbonyl (C=O) groups is 1. The highest BCUT2D eigenvalue weighted by Crippen LogP contribution is 2.18. The van der Waals surface area contributed by atoms with E-state index in [0.717, 1.165) is 11.1 Å². The van der Waals surface area contributed by atoms with Crippen LogP contribution in [0.5, 0.6) is 0 Å². The lowest BCUT2D eigenvalue weighted by Crippen LogP contribution is -2.15. The van der Waals surface area contributed by atoms with Gasteiger partial charge in [0.1, 0.15) is 5.82 Å². The molecule has 0 saturated heterocycles. The van der Waals surface area contributed by atoms with Crippen molar-refractivity contribution in [1.82, 2.24) is 5.32 Å². The van der Waals surface area contributed by atoms with Crippen LogP contribution in [0, 0.1) is 5.82 Å². The third-order valence-corrected chi connectivity index (χ3v) is 3.35. The van der Waals surface area contributed by atoms with Gasteiger partial charge < -0.3 is 15.3 Å². The summed E-state index contributed by atoms with van der Waals surface area (Å²) in [6.07, 6.45) is 0. The normalized spacial score (nSPS) is 10.5. The lowest BCUT2D eigenvalue weighted by Gasteiger charge is -2.15. The van der Waals surface area contributed by atoms with Gasteiger partial charge in [-0.05, 0) is 35.4 Å². The first-order valence-electron chi connectivity index (χ1n) is 6.96. The van der Waals surface area contributed by atoms with Crippen LogP contribution in [0.25, 0.3) is 0 Å². The van der Waals surface area contributed by atoms with Gasteiger partial charge in [-0.3, -0.25) is 0 Å². The number of hydrogen-bond donors (Lipinski definition) is 2. The Balaban J connectivity index is 1.93. The molecule has 0 aliphatic heterocycles. The lowest BCUT2D eigenvalue weighted by molar-refractivity contribution is 0.0697. The molecule has 0 radical (unpaired) electrons. The Bertz CT molecular complexity index is 654. The average molecular weight is 302 g/mol. The zero-order valence-corrected chi connectivity index (χ0v) is 12.6. The molecule has 2 rings (SSSR count). The summed E-state index contributed by atoms with van der Waals surface area (Å²) in [5.41, 5.74) is 2.83. The molecule has 0 amide bonds. The molecule has 2 N–H and O–H groups in total. The van der Waals surface area contributed by atoms with Crippen molar-refractivity contribution >= 4 is 11.7 Å². The van der Waals surface area contributed by atoms with Gasteiger partial charge in [0.05, 0.1) is 11.3 Å². The second-order valence-electron chi connectivity index (χ2n) is 5.29. The number of carboxylic acids is 1. The second kappa shape index (κ2) is 7.04. The molecule has 0 aliphatic rings. The predicted molar refractivity (Wildman–Crippen MR) is 84.7 cm³/mol. The molecule has 5 heteroatoms. The fourth-order valence-electron chi connectivity index (χ4n) is 2.13. The first kappa shape index (κ1) is 16.0. The molecule has 4 nitrogen and oxygen atoms in total. The summed E-state index contributed by atoms with van der Waals surface area (Å²) in [5.74, 6) is -1.17. The molecule has 0 heterocycles. The highest BCUT2D eigenvalue weighted by atomic mass is 19.1. The molecular formula is C17H19FN2O2. The van der Waals surface area contributed by atoms with Crippen LogP contribution in [0.4, 0.5) is 10.1 Å². The van der Waals surface area contributed by atoms with Gasteiger partial charge in [0.25, 0.3) is 0 Å². The van der Waals surface area contributed by atoms with Crippen molar-refractivity contribution in [3.63, 3.8) is 0 Å². The maximum Gasteiger partial charge on any atom is 0.335 e. The van der Waals surface area contributed by atoms with E-state index in [9.17, 15) is 9.18 Å². The molecule has 2 aromatic carbocycles. The number of hydrogen-bond acceptors (Lipinski definition) is 3. The lowest BCUT2D eigenvalue weighted by atomic mass is 10.1. The van der Waals surface area contributed by atoms with Crippen molar-refractivity contribution in [2.45, 2.75) is 13.1 Å². The largest absolute Gasteiger partial charge is 0.478 e. The Morgan fingerprint density at radius 2 is 1.68 bits per heavy atom. The van der Waals surface area contributed by atoms with Gasteiger partial charge in [0, 0.05) is 27.2 Å². The zero-order valence-electron chi connectivity index (χ0n) is 12.6. The summed E-state index contributed by atoms with van der Waals surface area (Å²) in [5, 5.41) is 12.1. The van der Waals surface area contributed by atoms with Gasteiger partial charge in [-0.15, -0.1) is 0 Å². The van der Waals surface area contributed by atoms with Crippen LogP contribution in [-0.2, 0) is 13.1 Å². The van der Waals surface area contributed by atoms with Crippen molar-refractivity contribution in [2.24, 2.45) is 0 Å². The number of halogens is 1. The smallest absolute Gasteiger partial charge is 0.335 e. The molecule has 22 heavy (non-hydrogen) atoms. The summed E-state index contributed by atoms with van der Waals surface area (Å²) < 4.78 is 13.6. The molecule has 0 spiro atoms. The van der Waals surface area contributed by atoms with Gasteiger partial charge in [0.2, 0.25) is 0 Å². The molecular weight excluding hydrogens is 283 g/mol. The fraction of sp³-hybridized carbons (Fsp3) is 0.235. The van der Waals surface area contributed by atoms with E-state index in [-0.39, 0.29) is 11.4 Å². The van der Waals surface area contributed by atoms with Gasteiger partial charge in [-0.1, -0.05) is 18.2 Å². The predicted octanol–water partition coefficient (Wildman–Crippen LogP) is 2.88. The summed E-state index contributed by atoms with van der Waals surface area (Å²) in [7, 11) is 3.61. The number of nitrogens with zero attached hydrogens (tertiary/aromatic N) is 1. The number of rotatable bonds is 6. The van der Waals surface area contributed by atoms with Crippen LogP contribution in [-0.4, -0.2) is 25.2 Å².